The number of hydrogen-bond acceptors (Lipinski definition) is 2. The van der Waals surface area contributed by atoms with Crippen LogP contribution in [0.1, 0.15) is 39.0 Å². The molecule has 0 aromatic carbocycles. The maximum Gasteiger partial charge on any atom is 0.303 e. The second-order valence-corrected chi connectivity index (χ2v) is 4.49. The quantitative estimate of drug-likeness (QED) is 0.615. The summed E-state index contributed by atoms with van der Waals surface area (Å²) in [6.07, 6.45) is 5.73. The molecule has 0 bridgehead atoms. The maximum absolute atomic E-state index is 10.4. The van der Waals surface area contributed by atoms with Crippen molar-refractivity contribution < 1.29 is 9.90 Å². The number of carbonyl (C=O) groups is 1. The standard InChI is InChI=1S/C11H21NO2/c1-9(7-11(13)14)8-12-6-5-10-3-2-4-10/h9-10,12H,2-8H2,1H3,(H,13,14). The molecule has 1 aliphatic carbocycles. The van der Waals surface area contributed by atoms with Crippen molar-refractivity contribution in [2.24, 2.45) is 11.8 Å². The zero-order valence-electron chi connectivity index (χ0n) is 8.96. The fraction of sp³-hybridized carbons (Fsp3) is 0.909. The molecule has 0 saturated heterocycles. The molecule has 14 heavy (non-hydrogen) atoms. The first-order chi connectivity index (χ1) is 6.68. The monoisotopic (exact) mass is 199 g/mol. The van der Waals surface area contributed by atoms with Crippen LogP contribution in [0, 0.1) is 11.8 Å². The van der Waals surface area contributed by atoms with Crippen LogP contribution in [0.25, 0.3) is 0 Å². The Kier molecular flexibility index (Phi) is 4.94. The number of hydrogen-bond donors (Lipinski definition) is 2. The Morgan fingerprint density at radius 1 is 1.57 bits per heavy atom. The van der Waals surface area contributed by atoms with Gasteiger partial charge in [-0.25, -0.2) is 0 Å². The van der Waals surface area contributed by atoms with Crippen molar-refractivity contribution in [1.82, 2.24) is 5.32 Å². The number of carboxylic acid groups (broad SMARTS) is 1. The van der Waals surface area contributed by atoms with Crippen LogP contribution in [-0.4, -0.2) is 24.2 Å². The Morgan fingerprint density at radius 2 is 2.29 bits per heavy atom. The van der Waals surface area contributed by atoms with Crippen LogP contribution < -0.4 is 5.32 Å². The Bertz CT molecular complexity index is 178. The Morgan fingerprint density at radius 3 is 2.79 bits per heavy atom. The van der Waals surface area contributed by atoms with Gasteiger partial charge in [0.05, 0.1) is 0 Å². The lowest BCUT2D eigenvalue weighted by Crippen LogP contribution is -2.26. The summed E-state index contributed by atoms with van der Waals surface area (Å²) in [5.41, 5.74) is 0. The minimum atomic E-state index is -0.696. The van der Waals surface area contributed by atoms with Crippen molar-refractivity contribution in [3.8, 4) is 0 Å². The van der Waals surface area contributed by atoms with Gasteiger partial charge in [0.15, 0.2) is 0 Å². The van der Waals surface area contributed by atoms with Gasteiger partial charge in [-0.2, -0.15) is 0 Å². The van der Waals surface area contributed by atoms with E-state index in [-0.39, 0.29) is 12.3 Å². The Balaban J connectivity index is 1.89. The molecule has 3 nitrogen and oxygen atoms in total. The highest BCUT2D eigenvalue weighted by atomic mass is 16.4. The summed E-state index contributed by atoms with van der Waals surface area (Å²) in [7, 11) is 0. The molecule has 0 aromatic heterocycles. The molecular weight excluding hydrogens is 178 g/mol. The number of nitrogens with one attached hydrogen (secondary N) is 1. The lowest BCUT2D eigenvalue weighted by atomic mass is 9.83. The molecule has 0 aromatic rings. The first-order valence-corrected chi connectivity index (χ1v) is 5.61. The minimum absolute atomic E-state index is 0.244. The lowest BCUT2D eigenvalue weighted by molar-refractivity contribution is -0.137. The molecule has 1 aliphatic rings. The first kappa shape index (κ1) is 11.5. The zero-order valence-corrected chi connectivity index (χ0v) is 8.96. The van der Waals surface area contributed by atoms with E-state index in [1.54, 1.807) is 0 Å². The van der Waals surface area contributed by atoms with Crippen LogP contribution in [-0.2, 0) is 4.79 Å². The van der Waals surface area contributed by atoms with Crippen molar-refractivity contribution in [3.05, 3.63) is 0 Å². The zero-order chi connectivity index (χ0) is 10.4. The van der Waals surface area contributed by atoms with E-state index in [4.69, 9.17) is 5.11 Å². The van der Waals surface area contributed by atoms with Crippen LogP contribution in [0.3, 0.4) is 0 Å². The second-order valence-electron chi connectivity index (χ2n) is 4.49. The fourth-order valence-electron chi connectivity index (χ4n) is 1.81. The molecule has 0 radical (unpaired) electrons. The van der Waals surface area contributed by atoms with Gasteiger partial charge in [-0.1, -0.05) is 26.2 Å². The smallest absolute Gasteiger partial charge is 0.303 e. The largest absolute Gasteiger partial charge is 0.481 e. The van der Waals surface area contributed by atoms with Gasteiger partial charge in [0.25, 0.3) is 0 Å². The van der Waals surface area contributed by atoms with Crippen molar-refractivity contribution in [1.29, 1.82) is 0 Å². The summed E-state index contributed by atoms with van der Waals surface area (Å²) >= 11 is 0. The third-order valence-electron chi connectivity index (χ3n) is 2.97. The molecule has 0 amide bonds. The van der Waals surface area contributed by atoms with Crippen LogP contribution >= 0.6 is 0 Å². The normalized spacial score (nSPS) is 18.9. The summed E-state index contributed by atoms with van der Waals surface area (Å²) in [5.74, 6) is 0.490. The summed E-state index contributed by atoms with van der Waals surface area (Å²) < 4.78 is 0. The Labute approximate surface area is 85.9 Å². The number of aliphatic carboxylic acids is 1. The van der Waals surface area contributed by atoms with Gasteiger partial charge in [-0.3, -0.25) is 4.79 Å². The van der Waals surface area contributed by atoms with Crippen molar-refractivity contribution >= 4 is 5.97 Å². The SMILES string of the molecule is CC(CNCCC1CCC1)CC(=O)O. The van der Waals surface area contributed by atoms with Gasteiger partial charge in [0.2, 0.25) is 0 Å². The molecule has 82 valence electrons. The molecule has 1 unspecified atom stereocenters. The topological polar surface area (TPSA) is 49.3 Å². The summed E-state index contributed by atoms with van der Waals surface area (Å²) in [6.45, 7) is 3.86. The minimum Gasteiger partial charge on any atom is -0.481 e. The van der Waals surface area contributed by atoms with Crippen LogP contribution in [0.2, 0.25) is 0 Å². The summed E-state index contributed by atoms with van der Waals surface area (Å²) in [4.78, 5) is 10.4. The van der Waals surface area contributed by atoms with Gasteiger partial charge >= 0.3 is 5.97 Å². The first-order valence-electron chi connectivity index (χ1n) is 5.61. The molecule has 1 saturated carbocycles. The third-order valence-corrected chi connectivity index (χ3v) is 2.97. The van der Waals surface area contributed by atoms with Crippen molar-refractivity contribution in [2.75, 3.05) is 13.1 Å². The van der Waals surface area contributed by atoms with Gasteiger partial charge < -0.3 is 10.4 Å². The molecule has 0 aliphatic heterocycles. The fourth-order valence-corrected chi connectivity index (χ4v) is 1.81. The van der Waals surface area contributed by atoms with E-state index in [1.165, 1.54) is 25.7 Å². The van der Waals surface area contributed by atoms with E-state index < -0.39 is 5.97 Å². The highest BCUT2D eigenvalue weighted by molar-refractivity contribution is 5.66. The molecule has 1 atom stereocenters. The van der Waals surface area contributed by atoms with Crippen molar-refractivity contribution in [3.63, 3.8) is 0 Å². The van der Waals surface area contributed by atoms with Gasteiger partial charge in [0.1, 0.15) is 0 Å². The molecule has 0 spiro atoms. The van der Waals surface area contributed by atoms with E-state index in [1.807, 2.05) is 6.92 Å². The average Bonchev–Trinajstić information content (AvgIpc) is 1.99. The maximum atomic E-state index is 10.4. The molecule has 2 N–H and O–H groups in total. The molecule has 1 fully saturated rings. The van der Waals surface area contributed by atoms with E-state index in [0.29, 0.717) is 0 Å². The molecule has 3 heteroatoms. The molecule has 0 heterocycles. The van der Waals surface area contributed by atoms with E-state index in [9.17, 15) is 4.79 Å². The van der Waals surface area contributed by atoms with Crippen LogP contribution in [0.5, 0.6) is 0 Å². The highest BCUT2D eigenvalue weighted by Crippen LogP contribution is 2.28. The highest BCUT2D eigenvalue weighted by Gasteiger charge is 2.16. The van der Waals surface area contributed by atoms with E-state index in [0.717, 1.165) is 19.0 Å². The third kappa shape index (κ3) is 4.61. The predicted molar refractivity (Wildman–Crippen MR) is 56.2 cm³/mol. The van der Waals surface area contributed by atoms with Gasteiger partial charge in [-0.05, 0) is 31.3 Å². The van der Waals surface area contributed by atoms with Crippen LogP contribution in [0.4, 0.5) is 0 Å². The summed E-state index contributed by atoms with van der Waals surface area (Å²) in [5, 5.41) is 11.9. The van der Waals surface area contributed by atoms with Gasteiger partial charge in [-0.15, -0.1) is 0 Å². The lowest BCUT2D eigenvalue weighted by Gasteiger charge is -2.25. The van der Waals surface area contributed by atoms with E-state index >= 15 is 0 Å². The van der Waals surface area contributed by atoms with Gasteiger partial charge in [0, 0.05) is 6.42 Å². The molecular formula is C11H21NO2. The number of rotatable bonds is 7. The summed E-state index contributed by atoms with van der Waals surface area (Å²) in [6, 6.07) is 0. The van der Waals surface area contributed by atoms with E-state index in [2.05, 4.69) is 5.32 Å². The van der Waals surface area contributed by atoms with Crippen LogP contribution in [0.15, 0.2) is 0 Å². The predicted octanol–water partition coefficient (Wildman–Crippen LogP) is 1.88. The van der Waals surface area contributed by atoms with Crippen molar-refractivity contribution in [2.45, 2.75) is 39.0 Å². The second kappa shape index (κ2) is 6.02. The molecule has 1 rings (SSSR count). The average molecular weight is 199 g/mol. The Hall–Kier alpha value is -0.570. The number of carboxylic acids is 1.